The number of rotatable bonds is 4. The van der Waals surface area contributed by atoms with Gasteiger partial charge in [0.2, 0.25) is 0 Å². The highest BCUT2D eigenvalue weighted by atomic mass is 16.5. The summed E-state index contributed by atoms with van der Waals surface area (Å²) < 4.78 is 5.31. The molecule has 0 atom stereocenters. The minimum atomic E-state index is -0.482. The third-order valence-electron chi connectivity index (χ3n) is 5.13. The Hall–Kier alpha value is -3.47. The van der Waals surface area contributed by atoms with Gasteiger partial charge in [-0.25, -0.2) is 9.78 Å². The van der Waals surface area contributed by atoms with Gasteiger partial charge in [-0.05, 0) is 48.1 Å². The molecule has 1 aliphatic rings. The Kier molecular flexibility index (Phi) is 5.38. The van der Waals surface area contributed by atoms with Crippen LogP contribution >= 0.6 is 0 Å². The first-order chi connectivity index (χ1) is 14.2. The van der Waals surface area contributed by atoms with Crippen LogP contribution in [-0.2, 0) is 16.0 Å². The van der Waals surface area contributed by atoms with Gasteiger partial charge < -0.3 is 10.1 Å². The van der Waals surface area contributed by atoms with E-state index in [1.807, 2.05) is 42.5 Å². The molecule has 5 nitrogen and oxygen atoms in total. The number of hydrogen-bond donors (Lipinski definition) is 1. The Morgan fingerprint density at radius 2 is 1.83 bits per heavy atom. The Morgan fingerprint density at radius 3 is 2.62 bits per heavy atom. The van der Waals surface area contributed by atoms with Crippen LogP contribution in [0.3, 0.4) is 0 Å². The molecule has 0 aliphatic heterocycles. The van der Waals surface area contributed by atoms with Gasteiger partial charge >= 0.3 is 5.97 Å². The van der Waals surface area contributed by atoms with Crippen LogP contribution in [0.15, 0.2) is 54.6 Å². The van der Waals surface area contributed by atoms with Crippen molar-refractivity contribution >= 4 is 34.4 Å². The number of aromatic nitrogens is 1. The fourth-order valence-corrected chi connectivity index (χ4v) is 3.73. The average molecular weight is 386 g/mol. The number of allylic oxidation sites excluding steroid dienone is 1. The minimum Gasteiger partial charge on any atom is -0.452 e. The largest absolute Gasteiger partial charge is 0.452 e. The first kappa shape index (κ1) is 18.9. The number of amides is 1. The van der Waals surface area contributed by atoms with E-state index in [2.05, 4.69) is 23.5 Å². The quantitative estimate of drug-likeness (QED) is 0.688. The SMILES string of the molecule is CNC(=O)COC(=O)c1c2c(nc3ccccc13)/C(=C/c1ccccc1)CCC2. The standard InChI is InChI=1S/C24H22N2O3/c1-25-21(27)15-29-24(28)22-18-11-5-6-13-20(18)26-23-17(10-7-12-19(22)23)14-16-8-3-2-4-9-16/h2-6,8-9,11,13-14H,7,10,12,15H2,1H3,(H,25,27)/b17-14+. The molecule has 1 aliphatic carbocycles. The molecule has 0 bridgehead atoms. The third kappa shape index (κ3) is 3.90. The van der Waals surface area contributed by atoms with E-state index in [1.165, 1.54) is 7.05 Å². The molecule has 0 spiro atoms. The van der Waals surface area contributed by atoms with Gasteiger partial charge in [-0.3, -0.25) is 4.79 Å². The summed E-state index contributed by atoms with van der Waals surface area (Å²) in [6, 6.07) is 17.7. The number of para-hydroxylation sites is 1. The molecule has 1 aromatic heterocycles. The van der Waals surface area contributed by atoms with E-state index in [0.717, 1.165) is 52.6 Å². The summed E-state index contributed by atoms with van der Waals surface area (Å²) in [7, 11) is 1.51. The van der Waals surface area contributed by atoms with Gasteiger partial charge in [-0.2, -0.15) is 0 Å². The van der Waals surface area contributed by atoms with Crippen molar-refractivity contribution in [3.8, 4) is 0 Å². The van der Waals surface area contributed by atoms with Crippen molar-refractivity contribution in [1.29, 1.82) is 0 Å². The number of esters is 1. The van der Waals surface area contributed by atoms with Crippen molar-refractivity contribution in [2.24, 2.45) is 0 Å². The van der Waals surface area contributed by atoms with Crippen molar-refractivity contribution in [3.63, 3.8) is 0 Å². The van der Waals surface area contributed by atoms with Crippen molar-refractivity contribution in [1.82, 2.24) is 10.3 Å². The molecule has 0 saturated heterocycles. The topological polar surface area (TPSA) is 68.3 Å². The predicted molar refractivity (Wildman–Crippen MR) is 113 cm³/mol. The van der Waals surface area contributed by atoms with Crippen LogP contribution in [0.25, 0.3) is 22.6 Å². The summed E-state index contributed by atoms with van der Waals surface area (Å²) in [5.41, 5.74) is 5.24. The van der Waals surface area contributed by atoms with Gasteiger partial charge in [0, 0.05) is 12.4 Å². The second kappa shape index (κ2) is 8.27. The van der Waals surface area contributed by atoms with Crippen molar-refractivity contribution in [3.05, 3.63) is 77.0 Å². The van der Waals surface area contributed by atoms with Crippen LogP contribution in [-0.4, -0.2) is 30.5 Å². The molecule has 4 rings (SSSR count). The van der Waals surface area contributed by atoms with E-state index >= 15 is 0 Å². The number of ether oxygens (including phenoxy) is 1. The predicted octanol–water partition coefficient (Wildman–Crippen LogP) is 4.01. The summed E-state index contributed by atoms with van der Waals surface area (Å²) in [6.45, 7) is -0.298. The molecule has 1 heterocycles. The molecular weight excluding hydrogens is 364 g/mol. The second-order valence-corrected chi connectivity index (χ2v) is 7.01. The molecule has 5 heteroatoms. The smallest absolute Gasteiger partial charge is 0.339 e. The van der Waals surface area contributed by atoms with E-state index in [1.54, 1.807) is 0 Å². The van der Waals surface area contributed by atoms with E-state index in [9.17, 15) is 9.59 Å². The van der Waals surface area contributed by atoms with E-state index in [-0.39, 0.29) is 12.5 Å². The van der Waals surface area contributed by atoms with Crippen LogP contribution in [0.5, 0.6) is 0 Å². The summed E-state index contributed by atoms with van der Waals surface area (Å²) in [5.74, 6) is -0.820. The molecule has 146 valence electrons. The normalized spacial score (nSPS) is 14.4. The van der Waals surface area contributed by atoms with Gasteiger partial charge in [-0.1, -0.05) is 48.5 Å². The number of nitrogens with one attached hydrogen (secondary N) is 1. The van der Waals surface area contributed by atoms with E-state index < -0.39 is 5.97 Å². The lowest BCUT2D eigenvalue weighted by atomic mass is 9.86. The van der Waals surface area contributed by atoms with Gasteiger partial charge in [0.1, 0.15) is 0 Å². The number of likely N-dealkylation sites (N-methyl/N-ethyl adjacent to an activating group) is 1. The number of carbonyl (C=O) groups excluding carboxylic acids is 2. The summed E-state index contributed by atoms with van der Waals surface area (Å²) in [5, 5.41) is 3.23. The average Bonchev–Trinajstić information content (AvgIpc) is 2.76. The van der Waals surface area contributed by atoms with Crippen molar-refractivity contribution < 1.29 is 14.3 Å². The highest BCUT2D eigenvalue weighted by molar-refractivity contribution is 6.07. The lowest BCUT2D eigenvalue weighted by Gasteiger charge is -2.22. The number of hydrogen-bond acceptors (Lipinski definition) is 4. The molecule has 1 amide bonds. The van der Waals surface area contributed by atoms with Gasteiger partial charge in [0.05, 0.1) is 16.8 Å². The lowest BCUT2D eigenvalue weighted by molar-refractivity contribution is -0.123. The first-order valence-corrected chi connectivity index (χ1v) is 9.72. The second-order valence-electron chi connectivity index (χ2n) is 7.01. The lowest BCUT2D eigenvalue weighted by Crippen LogP contribution is -2.26. The van der Waals surface area contributed by atoms with Crippen molar-refractivity contribution in [2.45, 2.75) is 19.3 Å². The summed E-state index contributed by atoms with van der Waals surface area (Å²) in [4.78, 5) is 29.4. The number of carbonyl (C=O) groups is 2. The Morgan fingerprint density at radius 1 is 1.07 bits per heavy atom. The Balaban J connectivity index is 1.84. The van der Waals surface area contributed by atoms with Crippen LogP contribution in [0.2, 0.25) is 0 Å². The first-order valence-electron chi connectivity index (χ1n) is 9.72. The number of benzene rings is 2. The van der Waals surface area contributed by atoms with Crippen LogP contribution in [0.4, 0.5) is 0 Å². The fourth-order valence-electron chi connectivity index (χ4n) is 3.73. The van der Waals surface area contributed by atoms with Gasteiger partial charge in [0.25, 0.3) is 5.91 Å². The molecule has 29 heavy (non-hydrogen) atoms. The number of nitrogens with zero attached hydrogens (tertiary/aromatic N) is 1. The maximum Gasteiger partial charge on any atom is 0.339 e. The maximum atomic E-state index is 13.0. The van der Waals surface area contributed by atoms with Crippen LogP contribution < -0.4 is 5.32 Å². The Labute approximate surface area is 169 Å². The molecule has 2 aromatic carbocycles. The van der Waals surface area contributed by atoms with E-state index in [0.29, 0.717) is 5.56 Å². The molecular formula is C24H22N2O3. The van der Waals surface area contributed by atoms with Gasteiger partial charge in [-0.15, -0.1) is 0 Å². The molecule has 0 radical (unpaired) electrons. The minimum absolute atomic E-state index is 0.298. The van der Waals surface area contributed by atoms with Crippen LogP contribution in [0, 0.1) is 0 Å². The molecule has 3 aromatic rings. The zero-order valence-corrected chi connectivity index (χ0v) is 16.3. The maximum absolute atomic E-state index is 13.0. The monoisotopic (exact) mass is 386 g/mol. The third-order valence-corrected chi connectivity index (χ3v) is 5.13. The molecule has 1 N–H and O–H groups in total. The van der Waals surface area contributed by atoms with Crippen LogP contribution in [0.1, 0.15) is 40.0 Å². The summed E-state index contributed by atoms with van der Waals surface area (Å²) in [6.07, 6.45) is 4.73. The number of fused-ring (bicyclic) bond motifs is 2. The highest BCUT2D eigenvalue weighted by Crippen LogP contribution is 2.36. The fraction of sp³-hybridized carbons (Fsp3) is 0.208. The zero-order chi connectivity index (χ0) is 20.2. The van der Waals surface area contributed by atoms with E-state index in [4.69, 9.17) is 9.72 Å². The summed E-state index contributed by atoms with van der Waals surface area (Å²) >= 11 is 0. The molecule has 0 fully saturated rings. The van der Waals surface area contributed by atoms with Gasteiger partial charge in [0.15, 0.2) is 6.61 Å². The molecule has 0 saturated carbocycles. The highest BCUT2D eigenvalue weighted by Gasteiger charge is 2.26. The zero-order valence-electron chi connectivity index (χ0n) is 16.3. The molecule has 0 unspecified atom stereocenters. The van der Waals surface area contributed by atoms with Crippen molar-refractivity contribution in [2.75, 3.05) is 13.7 Å². The number of pyridine rings is 1. The Bertz CT molecular complexity index is 1100.